The molecule has 0 heterocycles. The topological polar surface area (TPSA) is 38.7 Å². The lowest BCUT2D eigenvalue weighted by Crippen LogP contribution is -1.93. The summed E-state index contributed by atoms with van der Waals surface area (Å²) in [5.41, 5.74) is 1.56. The van der Waals surface area contributed by atoms with E-state index in [4.69, 9.17) is 9.47 Å². The molecule has 0 fully saturated rings. The standard InChI is InChI=1S/C10H14O3/c1-6-5-8(12-3)7(2)9(11)10(6)13-4/h5,11H,1-4H3. The molecule has 0 aromatic heterocycles. The zero-order valence-electron chi connectivity index (χ0n) is 8.34. The number of phenolic OH excluding ortho intramolecular Hbond substituents is 1. The maximum atomic E-state index is 9.69. The second kappa shape index (κ2) is 3.56. The predicted octanol–water partition coefficient (Wildman–Crippen LogP) is 2.03. The van der Waals surface area contributed by atoms with E-state index in [2.05, 4.69) is 0 Å². The molecule has 3 nitrogen and oxygen atoms in total. The van der Waals surface area contributed by atoms with Gasteiger partial charge in [-0.25, -0.2) is 0 Å². The summed E-state index contributed by atoms with van der Waals surface area (Å²) in [5, 5.41) is 9.69. The quantitative estimate of drug-likeness (QED) is 0.760. The molecule has 0 aliphatic rings. The summed E-state index contributed by atoms with van der Waals surface area (Å²) in [5.74, 6) is 1.34. The van der Waals surface area contributed by atoms with E-state index < -0.39 is 0 Å². The number of benzene rings is 1. The number of methoxy groups -OCH3 is 2. The van der Waals surface area contributed by atoms with Gasteiger partial charge in [0.2, 0.25) is 0 Å². The summed E-state index contributed by atoms with van der Waals surface area (Å²) < 4.78 is 10.1. The van der Waals surface area contributed by atoms with E-state index in [1.54, 1.807) is 14.0 Å². The monoisotopic (exact) mass is 182 g/mol. The smallest absolute Gasteiger partial charge is 0.164 e. The van der Waals surface area contributed by atoms with Gasteiger partial charge in [-0.05, 0) is 25.5 Å². The van der Waals surface area contributed by atoms with Gasteiger partial charge in [0.15, 0.2) is 11.5 Å². The van der Waals surface area contributed by atoms with Gasteiger partial charge in [-0.2, -0.15) is 0 Å². The maximum absolute atomic E-state index is 9.69. The van der Waals surface area contributed by atoms with Crippen molar-refractivity contribution in [3.05, 3.63) is 17.2 Å². The van der Waals surface area contributed by atoms with Crippen LogP contribution in [0.2, 0.25) is 0 Å². The lowest BCUT2D eigenvalue weighted by atomic mass is 10.1. The van der Waals surface area contributed by atoms with Gasteiger partial charge in [-0.15, -0.1) is 0 Å². The molecule has 0 aliphatic heterocycles. The molecule has 1 N–H and O–H groups in total. The number of rotatable bonds is 2. The minimum Gasteiger partial charge on any atom is -0.504 e. The molecule has 0 saturated heterocycles. The van der Waals surface area contributed by atoms with Crippen molar-refractivity contribution < 1.29 is 14.6 Å². The molecule has 0 radical (unpaired) electrons. The van der Waals surface area contributed by atoms with Crippen molar-refractivity contribution >= 4 is 0 Å². The first-order valence-corrected chi connectivity index (χ1v) is 4.03. The average molecular weight is 182 g/mol. The molecule has 1 aromatic carbocycles. The Morgan fingerprint density at radius 3 is 2.23 bits per heavy atom. The highest BCUT2D eigenvalue weighted by Crippen LogP contribution is 2.38. The Morgan fingerprint density at radius 2 is 1.77 bits per heavy atom. The van der Waals surface area contributed by atoms with Gasteiger partial charge in [-0.3, -0.25) is 0 Å². The number of aromatic hydroxyl groups is 1. The van der Waals surface area contributed by atoms with Gasteiger partial charge in [0, 0.05) is 5.56 Å². The van der Waals surface area contributed by atoms with Crippen LogP contribution in [0.4, 0.5) is 0 Å². The van der Waals surface area contributed by atoms with Crippen molar-refractivity contribution in [2.24, 2.45) is 0 Å². The van der Waals surface area contributed by atoms with Crippen LogP contribution in [0.1, 0.15) is 11.1 Å². The van der Waals surface area contributed by atoms with Gasteiger partial charge in [-0.1, -0.05) is 0 Å². The summed E-state index contributed by atoms with van der Waals surface area (Å²) >= 11 is 0. The van der Waals surface area contributed by atoms with Gasteiger partial charge < -0.3 is 14.6 Å². The molecular formula is C10H14O3. The largest absolute Gasteiger partial charge is 0.504 e. The fourth-order valence-corrected chi connectivity index (χ4v) is 1.31. The molecule has 0 amide bonds. The van der Waals surface area contributed by atoms with Crippen molar-refractivity contribution in [3.8, 4) is 17.2 Å². The molecule has 1 rings (SSSR count). The molecule has 0 atom stereocenters. The molecule has 0 bridgehead atoms. The second-order valence-corrected chi connectivity index (χ2v) is 2.90. The number of aryl methyl sites for hydroxylation is 1. The average Bonchev–Trinajstić information content (AvgIpc) is 2.12. The van der Waals surface area contributed by atoms with E-state index in [1.807, 2.05) is 13.0 Å². The minimum atomic E-state index is 0.152. The van der Waals surface area contributed by atoms with Gasteiger partial charge in [0.25, 0.3) is 0 Å². The normalized spacial score (nSPS) is 9.85. The molecule has 3 heteroatoms. The van der Waals surface area contributed by atoms with E-state index in [0.29, 0.717) is 17.1 Å². The Balaban J connectivity index is 3.37. The first kappa shape index (κ1) is 9.71. The first-order valence-electron chi connectivity index (χ1n) is 4.03. The van der Waals surface area contributed by atoms with Crippen LogP contribution < -0.4 is 9.47 Å². The van der Waals surface area contributed by atoms with Crippen LogP contribution >= 0.6 is 0 Å². The van der Waals surface area contributed by atoms with Crippen LogP contribution in [0.3, 0.4) is 0 Å². The van der Waals surface area contributed by atoms with Crippen molar-refractivity contribution in [2.45, 2.75) is 13.8 Å². The Hall–Kier alpha value is -1.38. The van der Waals surface area contributed by atoms with Crippen LogP contribution in [0, 0.1) is 13.8 Å². The molecule has 0 unspecified atom stereocenters. The summed E-state index contributed by atoms with van der Waals surface area (Å²) in [4.78, 5) is 0. The summed E-state index contributed by atoms with van der Waals surface area (Å²) in [6.45, 7) is 3.65. The molecule has 0 spiro atoms. The van der Waals surface area contributed by atoms with Crippen LogP contribution in [-0.2, 0) is 0 Å². The lowest BCUT2D eigenvalue weighted by Gasteiger charge is -2.12. The zero-order valence-corrected chi connectivity index (χ0v) is 8.34. The molecule has 72 valence electrons. The van der Waals surface area contributed by atoms with Crippen LogP contribution in [0.15, 0.2) is 6.07 Å². The van der Waals surface area contributed by atoms with Gasteiger partial charge in [0.05, 0.1) is 14.2 Å². The summed E-state index contributed by atoms with van der Waals surface area (Å²) in [6, 6.07) is 1.84. The number of ether oxygens (including phenoxy) is 2. The fraction of sp³-hybridized carbons (Fsp3) is 0.400. The van der Waals surface area contributed by atoms with E-state index in [9.17, 15) is 5.11 Å². The third-order valence-electron chi connectivity index (χ3n) is 2.07. The fourth-order valence-electron chi connectivity index (χ4n) is 1.31. The third-order valence-corrected chi connectivity index (χ3v) is 2.07. The highest BCUT2D eigenvalue weighted by molar-refractivity contribution is 5.56. The Labute approximate surface area is 77.9 Å². The number of hydrogen-bond acceptors (Lipinski definition) is 3. The van der Waals surface area contributed by atoms with Crippen molar-refractivity contribution in [1.29, 1.82) is 0 Å². The van der Waals surface area contributed by atoms with Crippen molar-refractivity contribution in [2.75, 3.05) is 14.2 Å². The zero-order chi connectivity index (χ0) is 10.0. The Morgan fingerprint density at radius 1 is 1.15 bits per heavy atom. The maximum Gasteiger partial charge on any atom is 0.164 e. The summed E-state index contributed by atoms with van der Waals surface area (Å²) in [7, 11) is 3.11. The first-order chi connectivity index (χ1) is 6.11. The minimum absolute atomic E-state index is 0.152. The van der Waals surface area contributed by atoms with E-state index in [1.165, 1.54) is 7.11 Å². The second-order valence-electron chi connectivity index (χ2n) is 2.90. The van der Waals surface area contributed by atoms with Gasteiger partial charge >= 0.3 is 0 Å². The molecule has 1 aromatic rings. The summed E-state index contributed by atoms with van der Waals surface area (Å²) in [6.07, 6.45) is 0. The van der Waals surface area contributed by atoms with E-state index in [-0.39, 0.29) is 5.75 Å². The van der Waals surface area contributed by atoms with Crippen molar-refractivity contribution in [1.82, 2.24) is 0 Å². The van der Waals surface area contributed by atoms with Crippen LogP contribution in [-0.4, -0.2) is 19.3 Å². The lowest BCUT2D eigenvalue weighted by molar-refractivity contribution is 0.360. The predicted molar refractivity (Wildman–Crippen MR) is 50.7 cm³/mol. The van der Waals surface area contributed by atoms with Crippen LogP contribution in [0.5, 0.6) is 17.2 Å². The number of phenols is 1. The molecule has 0 aliphatic carbocycles. The SMILES string of the molecule is COc1cc(C)c(OC)c(O)c1C. The van der Waals surface area contributed by atoms with E-state index >= 15 is 0 Å². The van der Waals surface area contributed by atoms with Gasteiger partial charge in [0.1, 0.15) is 5.75 Å². The van der Waals surface area contributed by atoms with Crippen LogP contribution in [0.25, 0.3) is 0 Å². The third kappa shape index (κ3) is 1.54. The highest BCUT2D eigenvalue weighted by Gasteiger charge is 2.12. The Bertz CT molecular complexity index is 318. The van der Waals surface area contributed by atoms with E-state index in [0.717, 1.165) is 5.56 Å². The number of hydrogen-bond donors (Lipinski definition) is 1. The molecule has 13 heavy (non-hydrogen) atoms. The molecular weight excluding hydrogens is 168 g/mol. The van der Waals surface area contributed by atoms with Crippen molar-refractivity contribution in [3.63, 3.8) is 0 Å². The molecule has 0 saturated carbocycles. The Kier molecular flexibility index (Phi) is 2.66. The highest BCUT2D eigenvalue weighted by atomic mass is 16.5.